The van der Waals surface area contributed by atoms with Gasteiger partial charge in [-0.05, 0) is 6.07 Å². The summed E-state index contributed by atoms with van der Waals surface area (Å²) in [5.74, 6) is 0.831. The molecule has 4 nitrogen and oxygen atoms in total. The van der Waals surface area contributed by atoms with Gasteiger partial charge >= 0.3 is 0 Å². The molecule has 0 radical (unpaired) electrons. The largest absolute Gasteiger partial charge is 0.428 e. The van der Waals surface area contributed by atoms with Gasteiger partial charge in [-0.3, -0.25) is 0 Å². The van der Waals surface area contributed by atoms with Gasteiger partial charge in [-0.15, -0.1) is 0 Å². The molecule has 0 unspecified atom stereocenters. The first-order valence-corrected chi connectivity index (χ1v) is 4.19. The normalized spacial score (nSPS) is 10.5. The van der Waals surface area contributed by atoms with Crippen molar-refractivity contribution in [1.29, 1.82) is 0 Å². The van der Waals surface area contributed by atoms with Crippen LogP contribution in [0.15, 0.2) is 22.9 Å². The maximum absolute atomic E-state index is 5.47. The number of aryl methyl sites for hydroxylation is 1. The van der Waals surface area contributed by atoms with E-state index in [0.29, 0.717) is 0 Å². The summed E-state index contributed by atoms with van der Waals surface area (Å²) < 4.78 is 5.24. The van der Waals surface area contributed by atoms with Crippen molar-refractivity contribution in [3.8, 4) is 11.3 Å². The van der Waals surface area contributed by atoms with Crippen LogP contribution in [0.2, 0.25) is 0 Å². The molecule has 0 aliphatic heterocycles. The fourth-order valence-corrected chi connectivity index (χ4v) is 1.31. The average molecular weight is 177 g/mol. The predicted octanol–water partition coefficient (Wildman–Crippen LogP) is 1.81. The number of nitrogens with two attached hydrogens (primary N) is 1. The molecular weight excluding hydrogens is 166 g/mol. The van der Waals surface area contributed by atoms with E-state index >= 15 is 0 Å². The first-order chi connectivity index (χ1) is 6.31. The van der Waals surface area contributed by atoms with Crippen molar-refractivity contribution in [2.75, 3.05) is 5.73 Å². The summed E-state index contributed by atoms with van der Waals surface area (Å²) in [4.78, 5) is 7.08. The Balaban J connectivity index is 2.50. The average Bonchev–Trinajstić information content (AvgIpc) is 2.71. The van der Waals surface area contributed by atoms with E-state index in [0.717, 1.165) is 23.4 Å². The number of oxazole rings is 1. The van der Waals surface area contributed by atoms with Crippen molar-refractivity contribution >= 4 is 6.01 Å². The van der Waals surface area contributed by atoms with E-state index in [1.165, 1.54) is 0 Å². The summed E-state index contributed by atoms with van der Waals surface area (Å²) in [6.07, 6.45) is 4.51. The van der Waals surface area contributed by atoms with E-state index < -0.39 is 0 Å². The molecule has 2 rings (SSSR count). The molecule has 0 atom stereocenters. The molecule has 2 aromatic rings. The number of hydrogen-bond acceptors (Lipinski definition) is 3. The third-order valence-electron chi connectivity index (χ3n) is 1.91. The Kier molecular flexibility index (Phi) is 1.81. The van der Waals surface area contributed by atoms with Crippen molar-refractivity contribution in [3.63, 3.8) is 0 Å². The van der Waals surface area contributed by atoms with Gasteiger partial charge in [0.1, 0.15) is 11.5 Å². The van der Waals surface area contributed by atoms with Gasteiger partial charge in [-0.25, -0.2) is 0 Å². The smallest absolute Gasteiger partial charge is 0.292 e. The lowest BCUT2D eigenvalue weighted by Crippen LogP contribution is -1.83. The summed E-state index contributed by atoms with van der Waals surface area (Å²) in [5.41, 5.74) is 7.32. The van der Waals surface area contributed by atoms with Crippen molar-refractivity contribution in [3.05, 3.63) is 24.2 Å². The van der Waals surface area contributed by atoms with E-state index in [1.807, 2.05) is 25.4 Å². The topological polar surface area (TPSA) is 67.8 Å². The van der Waals surface area contributed by atoms with Gasteiger partial charge in [0.05, 0.1) is 0 Å². The van der Waals surface area contributed by atoms with Gasteiger partial charge in [0.2, 0.25) is 0 Å². The molecule has 3 N–H and O–H groups in total. The van der Waals surface area contributed by atoms with Gasteiger partial charge in [0.25, 0.3) is 6.01 Å². The van der Waals surface area contributed by atoms with Crippen molar-refractivity contribution in [2.45, 2.75) is 13.3 Å². The fourth-order valence-electron chi connectivity index (χ4n) is 1.31. The van der Waals surface area contributed by atoms with Crippen LogP contribution < -0.4 is 5.73 Å². The van der Waals surface area contributed by atoms with Crippen LogP contribution in [0.25, 0.3) is 11.3 Å². The number of rotatable bonds is 2. The van der Waals surface area contributed by atoms with Crippen LogP contribution in [-0.2, 0) is 6.42 Å². The van der Waals surface area contributed by atoms with Crippen LogP contribution in [0.5, 0.6) is 0 Å². The van der Waals surface area contributed by atoms with E-state index in [1.54, 1.807) is 0 Å². The summed E-state index contributed by atoms with van der Waals surface area (Å²) in [5, 5.41) is 0. The molecule has 0 saturated heterocycles. The number of aromatic nitrogens is 2. The molecule has 4 heteroatoms. The molecular formula is C9H11N3O. The molecule has 0 bridgehead atoms. The lowest BCUT2D eigenvalue weighted by molar-refractivity contribution is 0.530. The Morgan fingerprint density at radius 2 is 2.46 bits per heavy atom. The van der Waals surface area contributed by atoms with Crippen LogP contribution in [0.1, 0.15) is 12.7 Å². The van der Waals surface area contributed by atoms with Gasteiger partial charge in [0.15, 0.2) is 0 Å². The van der Waals surface area contributed by atoms with Crippen molar-refractivity contribution < 1.29 is 4.42 Å². The minimum atomic E-state index is 0.230. The SMILES string of the molecule is CCc1oc(N)nc1-c1cc[nH]c1. The third kappa shape index (κ3) is 1.30. The van der Waals surface area contributed by atoms with Gasteiger partial charge in [0, 0.05) is 24.4 Å². The number of aromatic amines is 1. The lowest BCUT2D eigenvalue weighted by Gasteiger charge is -1.92. The molecule has 0 aliphatic carbocycles. The second-order valence-corrected chi connectivity index (χ2v) is 2.78. The highest BCUT2D eigenvalue weighted by molar-refractivity contribution is 5.61. The van der Waals surface area contributed by atoms with Crippen molar-refractivity contribution in [1.82, 2.24) is 9.97 Å². The van der Waals surface area contributed by atoms with Crippen LogP contribution >= 0.6 is 0 Å². The molecule has 13 heavy (non-hydrogen) atoms. The minimum absolute atomic E-state index is 0.230. The zero-order valence-electron chi connectivity index (χ0n) is 7.37. The second kappa shape index (κ2) is 2.97. The lowest BCUT2D eigenvalue weighted by atomic mass is 10.2. The van der Waals surface area contributed by atoms with E-state index in [9.17, 15) is 0 Å². The molecule has 0 aliphatic rings. The summed E-state index contributed by atoms with van der Waals surface area (Å²) in [7, 11) is 0. The Bertz CT molecular complexity index is 389. The third-order valence-corrected chi connectivity index (χ3v) is 1.91. The second-order valence-electron chi connectivity index (χ2n) is 2.78. The first kappa shape index (κ1) is 7.91. The Hall–Kier alpha value is -1.71. The highest BCUT2D eigenvalue weighted by Gasteiger charge is 2.11. The molecule has 0 fully saturated rings. The zero-order valence-corrected chi connectivity index (χ0v) is 7.37. The van der Waals surface area contributed by atoms with Crippen molar-refractivity contribution in [2.24, 2.45) is 0 Å². The standard InChI is InChI=1S/C9H11N3O/c1-2-7-8(12-9(10)13-7)6-3-4-11-5-6/h3-5,11H,2H2,1H3,(H2,10,12). The Morgan fingerprint density at radius 3 is 3.08 bits per heavy atom. The number of nitrogens with zero attached hydrogens (tertiary/aromatic N) is 1. The van der Waals surface area contributed by atoms with Crippen LogP contribution in [-0.4, -0.2) is 9.97 Å². The first-order valence-electron chi connectivity index (χ1n) is 4.19. The number of anilines is 1. The predicted molar refractivity (Wildman–Crippen MR) is 50.1 cm³/mol. The zero-order chi connectivity index (χ0) is 9.26. The quantitative estimate of drug-likeness (QED) is 0.735. The molecule has 2 heterocycles. The van der Waals surface area contributed by atoms with E-state index in [-0.39, 0.29) is 6.01 Å². The number of nitrogens with one attached hydrogen (secondary N) is 1. The summed E-state index contributed by atoms with van der Waals surface area (Å²) in [6.45, 7) is 2.01. The van der Waals surface area contributed by atoms with Gasteiger partial charge in [-0.1, -0.05) is 6.92 Å². The molecule has 0 saturated carbocycles. The number of H-pyrrole nitrogens is 1. The van der Waals surface area contributed by atoms with Crippen LogP contribution in [0, 0.1) is 0 Å². The van der Waals surface area contributed by atoms with E-state index in [4.69, 9.17) is 10.2 Å². The fraction of sp³-hybridized carbons (Fsp3) is 0.222. The molecule has 0 amide bonds. The minimum Gasteiger partial charge on any atom is -0.428 e. The molecule has 0 spiro atoms. The Morgan fingerprint density at radius 1 is 1.62 bits per heavy atom. The number of hydrogen-bond donors (Lipinski definition) is 2. The summed E-state index contributed by atoms with van der Waals surface area (Å²) in [6, 6.07) is 2.17. The van der Waals surface area contributed by atoms with Gasteiger partial charge in [-0.2, -0.15) is 4.98 Å². The van der Waals surface area contributed by atoms with Crippen LogP contribution in [0.4, 0.5) is 6.01 Å². The highest BCUT2D eigenvalue weighted by Crippen LogP contribution is 2.24. The highest BCUT2D eigenvalue weighted by atomic mass is 16.4. The molecule has 68 valence electrons. The van der Waals surface area contributed by atoms with E-state index in [2.05, 4.69) is 9.97 Å². The molecule has 2 aromatic heterocycles. The monoisotopic (exact) mass is 177 g/mol. The van der Waals surface area contributed by atoms with Gasteiger partial charge < -0.3 is 15.1 Å². The maximum atomic E-state index is 5.47. The number of nitrogen functional groups attached to an aromatic ring is 1. The maximum Gasteiger partial charge on any atom is 0.292 e. The molecule has 0 aromatic carbocycles. The Labute approximate surface area is 75.8 Å². The summed E-state index contributed by atoms with van der Waals surface area (Å²) >= 11 is 0. The van der Waals surface area contributed by atoms with Crippen LogP contribution in [0.3, 0.4) is 0 Å².